The average Bonchev–Trinajstić information content (AvgIpc) is 2.40. The zero-order valence-electron chi connectivity index (χ0n) is 13.6. The Morgan fingerprint density at radius 2 is 0.739 bits per heavy atom. The largest absolute Gasteiger partial charge is 0.389 e. The first-order valence-corrected chi connectivity index (χ1v) is 8.42. The van der Waals surface area contributed by atoms with Crippen molar-refractivity contribution in [1.82, 2.24) is 0 Å². The lowest BCUT2D eigenvalue weighted by Gasteiger charge is -2.07. The van der Waals surface area contributed by atoms with Gasteiger partial charge in [0.05, 0.1) is 0 Å². The van der Waals surface area contributed by atoms with E-state index in [1.54, 1.807) is 0 Å². The zero-order valence-corrected chi connectivity index (χ0v) is 13.6. The third kappa shape index (κ3) is 21.5. The van der Waals surface area contributed by atoms with E-state index in [9.17, 15) is 26.3 Å². The Bertz CT molecular complexity index is 236. The van der Waals surface area contributed by atoms with Gasteiger partial charge in [-0.25, -0.2) is 0 Å². The molecule has 140 valence electrons. The van der Waals surface area contributed by atoms with Crippen molar-refractivity contribution >= 4 is 0 Å². The molecule has 0 bridgehead atoms. The third-order valence-electron chi connectivity index (χ3n) is 3.50. The van der Waals surface area contributed by atoms with Gasteiger partial charge in [0, 0.05) is 26.1 Å². The maximum atomic E-state index is 11.9. The van der Waals surface area contributed by atoms with Crippen LogP contribution in [0.4, 0.5) is 26.3 Å². The van der Waals surface area contributed by atoms with Crippen molar-refractivity contribution in [3.05, 3.63) is 0 Å². The molecule has 0 heterocycles. The van der Waals surface area contributed by atoms with Gasteiger partial charge in [0.15, 0.2) is 0 Å². The van der Waals surface area contributed by atoms with Crippen molar-refractivity contribution in [2.75, 3.05) is 13.2 Å². The van der Waals surface area contributed by atoms with Gasteiger partial charge in [-0.15, -0.1) is 0 Å². The van der Waals surface area contributed by atoms with Crippen molar-refractivity contribution < 1.29 is 31.1 Å². The van der Waals surface area contributed by atoms with Crippen LogP contribution in [0.3, 0.4) is 0 Å². The van der Waals surface area contributed by atoms with Gasteiger partial charge < -0.3 is 4.74 Å². The Balaban J connectivity index is 3.08. The lowest BCUT2D eigenvalue weighted by Crippen LogP contribution is -2.06. The molecule has 7 heteroatoms. The summed E-state index contributed by atoms with van der Waals surface area (Å²) in [7, 11) is 0. The summed E-state index contributed by atoms with van der Waals surface area (Å²) in [4.78, 5) is 0. The van der Waals surface area contributed by atoms with Crippen molar-refractivity contribution in [1.29, 1.82) is 0 Å². The Labute approximate surface area is 134 Å². The fourth-order valence-electron chi connectivity index (χ4n) is 2.22. The van der Waals surface area contributed by atoms with Gasteiger partial charge in [-0.1, -0.05) is 38.5 Å². The normalized spacial score (nSPS) is 12.8. The number of unbranched alkanes of at least 4 members (excludes halogenated alkanes) is 8. The molecular formula is C16H28F6O. The van der Waals surface area contributed by atoms with Crippen LogP contribution in [0.5, 0.6) is 0 Å². The summed E-state index contributed by atoms with van der Waals surface area (Å²) in [5.41, 5.74) is 0. The molecule has 0 aliphatic heterocycles. The van der Waals surface area contributed by atoms with Crippen LogP contribution in [0.15, 0.2) is 0 Å². The molecule has 0 fully saturated rings. The summed E-state index contributed by atoms with van der Waals surface area (Å²) >= 11 is 0. The van der Waals surface area contributed by atoms with Crippen molar-refractivity contribution in [3.8, 4) is 0 Å². The van der Waals surface area contributed by atoms with E-state index in [1.165, 1.54) is 0 Å². The number of alkyl halides is 6. The summed E-state index contributed by atoms with van der Waals surface area (Å²) in [6.45, 7) is 1.21. The summed E-state index contributed by atoms with van der Waals surface area (Å²) in [6, 6.07) is 0. The van der Waals surface area contributed by atoms with Crippen molar-refractivity contribution in [2.24, 2.45) is 0 Å². The Kier molecular flexibility index (Phi) is 12.6. The molecule has 23 heavy (non-hydrogen) atoms. The lowest BCUT2D eigenvalue weighted by molar-refractivity contribution is -0.136. The number of hydrogen-bond acceptors (Lipinski definition) is 1. The van der Waals surface area contributed by atoms with Crippen LogP contribution in [0.25, 0.3) is 0 Å². The van der Waals surface area contributed by atoms with E-state index in [4.69, 9.17) is 4.74 Å². The molecule has 0 amide bonds. The first kappa shape index (κ1) is 22.5. The summed E-state index contributed by atoms with van der Waals surface area (Å²) in [5, 5.41) is 0. The molecule has 0 aromatic carbocycles. The number of halogens is 6. The van der Waals surface area contributed by atoms with Crippen LogP contribution in [0.1, 0.15) is 77.0 Å². The summed E-state index contributed by atoms with van der Waals surface area (Å²) < 4.78 is 76.7. The van der Waals surface area contributed by atoms with E-state index in [2.05, 4.69) is 0 Å². The van der Waals surface area contributed by atoms with Crippen LogP contribution in [0, 0.1) is 0 Å². The molecule has 0 aromatic heterocycles. The molecule has 0 unspecified atom stereocenters. The second-order valence-corrected chi connectivity index (χ2v) is 5.88. The highest BCUT2D eigenvalue weighted by molar-refractivity contribution is 4.53. The highest BCUT2D eigenvalue weighted by atomic mass is 19.4. The van der Waals surface area contributed by atoms with Gasteiger partial charge in [-0.05, 0) is 25.7 Å². The van der Waals surface area contributed by atoms with Gasteiger partial charge >= 0.3 is 12.4 Å². The van der Waals surface area contributed by atoms with Crippen LogP contribution < -0.4 is 0 Å². The fraction of sp³-hybridized carbons (Fsp3) is 1.00. The minimum absolute atomic E-state index is 0.193. The maximum absolute atomic E-state index is 11.9. The average molecular weight is 350 g/mol. The molecule has 0 saturated carbocycles. The predicted molar refractivity (Wildman–Crippen MR) is 78.3 cm³/mol. The minimum Gasteiger partial charge on any atom is -0.381 e. The SMILES string of the molecule is FC(F)(F)CCCCCCCOCCCCCCCC(F)(F)F. The van der Waals surface area contributed by atoms with E-state index in [0.29, 0.717) is 26.1 Å². The fourth-order valence-corrected chi connectivity index (χ4v) is 2.22. The van der Waals surface area contributed by atoms with E-state index < -0.39 is 25.2 Å². The highest BCUT2D eigenvalue weighted by Gasteiger charge is 2.26. The molecule has 0 spiro atoms. The number of hydrogen-bond donors (Lipinski definition) is 0. The monoisotopic (exact) mass is 350 g/mol. The topological polar surface area (TPSA) is 9.23 Å². The second kappa shape index (κ2) is 12.9. The summed E-state index contributed by atoms with van der Waals surface area (Å²) in [5.74, 6) is 0. The molecule has 0 atom stereocenters. The molecule has 0 aliphatic carbocycles. The molecule has 1 nitrogen and oxygen atoms in total. The third-order valence-corrected chi connectivity index (χ3v) is 3.50. The lowest BCUT2D eigenvalue weighted by atomic mass is 10.1. The zero-order chi connectivity index (χ0) is 17.6. The number of rotatable bonds is 14. The van der Waals surface area contributed by atoms with Gasteiger partial charge in [0.25, 0.3) is 0 Å². The minimum atomic E-state index is -4.05. The van der Waals surface area contributed by atoms with Crippen LogP contribution in [0.2, 0.25) is 0 Å². The van der Waals surface area contributed by atoms with Gasteiger partial charge in [0.2, 0.25) is 0 Å². The Morgan fingerprint density at radius 1 is 0.435 bits per heavy atom. The van der Waals surface area contributed by atoms with Crippen molar-refractivity contribution in [3.63, 3.8) is 0 Å². The molecular weight excluding hydrogens is 322 g/mol. The predicted octanol–water partition coefficient (Wildman–Crippen LogP) is 6.81. The van der Waals surface area contributed by atoms with Crippen LogP contribution >= 0.6 is 0 Å². The quantitative estimate of drug-likeness (QED) is 0.247. The smallest absolute Gasteiger partial charge is 0.381 e. The Hall–Kier alpha value is -0.460. The standard InChI is InChI=1S/C16H28F6O/c17-15(18,19)11-7-3-1-5-9-13-23-14-10-6-2-4-8-12-16(20,21)22/h1-14H2. The first-order valence-electron chi connectivity index (χ1n) is 8.42. The van der Waals surface area contributed by atoms with E-state index in [1.807, 2.05) is 0 Å². The molecule has 0 aliphatic rings. The van der Waals surface area contributed by atoms with Gasteiger partial charge in [-0.3, -0.25) is 0 Å². The van der Waals surface area contributed by atoms with Gasteiger partial charge in [-0.2, -0.15) is 26.3 Å². The van der Waals surface area contributed by atoms with E-state index in [-0.39, 0.29) is 12.8 Å². The molecule has 0 aromatic rings. The van der Waals surface area contributed by atoms with E-state index >= 15 is 0 Å². The second-order valence-electron chi connectivity index (χ2n) is 5.88. The van der Waals surface area contributed by atoms with Gasteiger partial charge in [0.1, 0.15) is 0 Å². The number of ether oxygens (including phenoxy) is 1. The first-order chi connectivity index (χ1) is 10.7. The van der Waals surface area contributed by atoms with Crippen molar-refractivity contribution in [2.45, 2.75) is 89.4 Å². The molecule has 0 rings (SSSR count). The summed E-state index contributed by atoms with van der Waals surface area (Å²) in [6.07, 6.45) is -2.91. The molecule has 0 radical (unpaired) electrons. The Morgan fingerprint density at radius 3 is 1.09 bits per heavy atom. The van der Waals surface area contributed by atoms with Crippen LogP contribution in [-0.2, 0) is 4.74 Å². The molecule has 0 N–H and O–H groups in total. The highest BCUT2D eigenvalue weighted by Crippen LogP contribution is 2.23. The van der Waals surface area contributed by atoms with Crippen LogP contribution in [-0.4, -0.2) is 25.6 Å². The molecule has 0 saturated heterocycles. The van der Waals surface area contributed by atoms with E-state index in [0.717, 1.165) is 38.5 Å². The maximum Gasteiger partial charge on any atom is 0.389 e.